The summed E-state index contributed by atoms with van der Waals surface area (Å²) in [4.78, 5) is 0. The minimum Gasteiger partial charge on any atom is -0.374 e. The first-order valence-electron chi connectivity index (χ1n) is 13.8. The fraction of sp³-hybridized carbons (Fsp3) is 0.294. The number of rotatable bonds is 14. The van der Waals surface area contributed by atoms with Gasteiger partial charge in [-0.15, -0.1) is 0 Å². The second-order valence-electron chi connectivity index (χ2n) is 9.92. The van der Waals surface area contributed by atoms with Crippen LogP contribution in [-0.2, 0) is 54.4 Å². The highest BCUT2D eigenvalue weighted by atomic mass is 35.5. The van der Waals surface area contributed by atoms with Gasteiger partial charge in [0.05, 0.1) is 44.9 Å². The van der Waals surface area contributed by atoms with E-state index in [-0.39, 0.29) is 6.61 Å². The van der Waals surface area contributed by atoms with Gasteiger partial charge in [0.1, 0.15) is 24.4 Å². The first-order valence-corrected chi connectivity index (χ1v) is 14.1. The SMILES string of the molecule is ClO[C@H]1O[C@H](COCc2ccccc2)[C@@H](OCc2ccccc2)[C@H](OCc2ccccc2)[C@H]1OCc1ccccc1. The summed E-state index contributed by atoms with van der Waals surface area (Å²) in [5, 5.41) is 0. The molecule has 0 aliphatic carbocycles. The number of hydrogen-bond acceptors (Lipinski definition) is 6. The number of benzene rings is 4. The molecule has 0 spiro atoms. The Hall–Kier alpha value is -3.07. The van der Waals surface area contributed by atoms with Crippen molar-refractivity contribution < 1.29 is 28.0 Å². The Labute approximate surface area is 246 Å². The van der Waals surface area contributed by atoms with Gasteiger partial charge in [-0.1, -0.05) is 121 Å². The lowest BCUT2D eigenvalue weighted by molar-refractivity contribution is -0.309. The van der Waals surface area contributed by atoms with Crippen LogP contribution < -0.4 is 0 Å². The third-order valence-electron chi connectivity index (χ3n) is 6.93. The summed E-state index contributed by atoms with van der Waals surface area (Å²) in [5.74, 6) is 0. The average molecular weight is 575 g/mol. The van der Waals surface area contributed by atoms with E-state index < -0.39 is 30.7 Å². The van der Waals surface area contributed by atoms with Gasteiger partial charge in [0.2, 0.25) is 6.29 Å². The minimum atomic E-state index is -0.900. The van der Waals surface area contributed by atoms with Crippen molar-refractivity contribution in [3.63, 3.8) is 0 Å². The molecule has 0 aromatic heterocycles. The van der Waals surface area contributed by atoms with E-state index in [9.17, 15) is 0 Å². The van der Waals surface area contributed by atoms with Crippen molar-refractivity contribution in [1.29, 1.82) is 0 Å². The van der Waals surface area contributed by atoms with E-state index in [0.29, 0.717) is 26.4 Å². The van der Waals surface area contributed by atoms with Crippen LogP contribution in [0.1, 0.15) is 22.3 Å². The van der Waals surface area contributed by atoms with Gasteiger partial charge < -0.3 is 23.7 Å². The average Bonchev–Trinajstić information content (AvgIpc) is 3.04. The molecule has 5 rings (SSSR count). The smallest absolute Gasteiger partial charge is 0.206 e. The fourth-order valence-corrected chi connectivity index (χ4v) is 4.96. The van der Waals surface area contributed by atoms with Crippen LogP contribution in [0.25, 0.3) is 0 Å². The molecule has 1 heterocycles. The molecule has 0 N–H and O–H groups in total. The molecule has 5 atom stereocenters. The largest absolute Gasteiger partial charge is 0.374 e. The van der Waals surface area contributed by atoms with Gasteiger partial charge in [0.25, 0.3) is 0 Å². The van der Waals surface area contributed by atoms with Crippen molar-refractivity contribution in [2.75, 3.05) is 6.61 Å². The number of hydrogen-bond donors (Lipinski definition) is 0. The van der Waals surface area contributed by atoms with Crippen molar-refractivity contribution in [1.82, 2.24) is 0 Å². The van der Waals surface area contributed by atoms with Gasteiger partial charge in [-0.25, -0.2) is 4.29 Å². The Kier molecular flexibility index (Phi) is 11.3. The monoisotopic (exact) mass is 574 g/mol. The Morgan fingerprint density at radius 2 is 0.878 bits per heavy atom. The van der Waals surface area contributed by atoms with Crippen molar-refractivity contribution in [3.8, 4) is 0 Å². The number of halogens is 1. The molecule has 214 valence electrons. The van der Waals surface area contributed by atoms with E-state index in [2.05, 4.69) is 0 Å². The van der Waals surface area contributed by atoms with E-state index in [0.717, 1.165) is 22.3 Å². The van der Waals surface area contributed by atoms with Gasteiger partial charge in [0.15, 0.2) is 0 Å². The first-order chi connectivity index (χ1) is 20.3. The highest BCUT2D eigenvalue weighted by molar-refractivity contribution is 6.07. The van der Waals surface area contributed by atoms with Gasteiger partial charge in [-0.2, -0.15) is 0 Å². The molecular weight excluding hydrogens is 540 g/mol. The standard InChI is InChI=1S/C34H35ClO6/c35-41-34-33(39-24-29-19-11-4-12-20-29)32(38-23-28-17-9-3-10-18-28)31(37-22-27-15-7-2-8-16-27)30(40-34)25-36-21-26-13-5-1-6-14-26/h1-20,30-34H,21-25H2/t30-,31-,32+,33-,34-/m1/s1. The summed E-state index contributed by atoms with van der Waals surface area (Å²) >= 11 is 6.01. The zero-order valence-corrected chi connectivity index (χ0v) is 23.6. The molecule has 4 aromatic carbocycles. The number of ether oxygens (including phenoxy) is 5. The summed E-state index contributed by atoms with van der Waals surface area (Å²) in [5.41, 5.74) is 4.15. The molecule has 6 nitrogen and oxygen atoms in total. The molecule has 1 saturated heterocycles. The summed E-state index contributed by atoms with van der Waals surface area (Å²) in [6, 6.07) is 39.9. The molecule has 7 heteroatoms. The van der Waals surface area contributed by atoms with Crippen LogP contribution >= 0.6 is 11.9 Å². The van der Waals surface area contributed by atoms with Crippen LogP contribution in [0.2, 0.25) is 0 Å². The van der Waals surface area contributed by atoms with E-state index >= 15 is 0 Å². The van der Waals surface area contributed by atoms with E-state index in [4.69, 9.17) is 39.8 Å². The minimum absolute atomic E-state index is 0.252. The van der Waals surface area contributed by atoms with Gasteiger partial charge in [0, 0.05) is 0 Å². The highest BCUT2D eigenvalue weighted by Gasteiger charge is 2.49. The Morgan fingerprint density at radius 1 is 0.488 bits per heavy atom. The normalized spacial score (nSPS) is 22.4. The quantitative estimate of drug-likeness (QED) is 0.164. The van der Waals surface area contributed by atoms with E-state index in [1.807, 2.05) is 121 Å². The molecule has 1 aliphatic heterocycles. The van der Waals surface area contributed by atoms with Crippen LogP contribution in [0.15, 0.2) is 121 Å². The fourth-order valence-electron chi connectivity index (χ4n) is 4.82. The van der Waals surface area contributed by atoms with Crippen LogP contribution in [-0.4, -0.2) is 37.3 Å². The maximum Gasteiger partial charge on any atom is 0.206 e. The third-order valence-corrected chi connectivity index (χ3v) is 7.10. The first kappa shape index (κ1) is 29.4. The highest BCUT2D eigenvalue weighted by Crippen LogP contribution is 2.32. The van der Waals surface area contributed by atoms with E-state index in [1.165, 1.54) is 0 Å². The topological polar surface area (TPSA) is 55.4 Å². The van der Waals surface area contributed by atoms with Crippen LogP contribution in [0.4, 0.5) is 0 Å². The molecule has 0 unspecified atom stereocenters. The van der Waals surface area contributed by atoms with Crippen LogP contribution in [0.3, 0.4) is 0 Å². The Bertz CT molecular complexity index is 1260. The molecular formula is C34H35ClO6. The summed E-state index contributed by atoms with van der Waals surface area (Å²) in [6.45, 7) is 1.74. The van der Waals surface area contributed by atoms with Crippen LogP contribution in [0, 0.1) is 0 Å². The molecule has 4 aromatic rings. The molecule has 0 amide bonds. The molecule has 41 heavy (non-hydrogen) atoms. The van der Waals surface area contributed by atoms with Gasteiger partial charge in [-0.05, 0) is 22.3 Å². The Morgan fingerprint density at radius 3 is 1.32 bits per heavy atom. The Balaban J connectivity index is 1.38. The van der Waals surface area contributed by atoms with Gasteiger partial charge >= 0.3 is 0 Å². The molecule has 0 bridgehead atoms. The second-order valence-corrected chi connectivity index (χ2v) is 10.1. The van der Waals surface area contributed by atoms with E-state index in [1.54, 1.807) is 0 Å². The molecule has 1 aliphatic rings. The third kappa shape index (κ3) is 8.71. The summed E-state index contributed by atoms with van der Waals surface area (Å²) in [6.07, 6.45) is -3.18. The zero-order chi connectivity index (χ0) is 28.1. The van der Waals surface area contributed by atoms with Crippen LogP contribution in [0.5, 0.6) is 0 Å². The predicted octanol–water partition coefficient (Wildman–Crippen LogP) is 6.85. The van der Waals surface area contributed by atoms with Gasteiger partial charge in [-0.3, -0.25) is 0 Å². The van der Waals surface area contributed by atoms with Crippen molar-refractivity contribution in [3.05, 3.63) is 144 Å². The molecule has 0 radical (unpaired) electrons. The molecule has 0 saturated carbocycles. The summed E-state index contributed by atoms with van der Waals surface area (Å²) < 4.78 is 37.3. The van der Waals surface area contributed by atoms with Crippen molar-refractivity contribution in [2.45, 2.75) is 57.1 Å². The lowest BCUT2D eigenvalue weighted by Crippen LogP contribution is -2.61. The van der Waals surface area contributed by atoms with Crippen molar-refractivity contribution >= 4 is 11.9 Å². The lowest BCUT2D eigenvalue weighted by Gasteiger charge is -2.45. The predicted molar refractivity (Wildman–Crippen MR) is 157 cm³/mol. The molecule has 1 fully saturated rings. The lowest BCUT2D eigenvalue weighted by atomic mass is 9.98. The zero-order valence-electron chi connectivity index (χ0n) is 22.8. The maximum atomic E-state index is 6.57. The maximum absolute atomic E-state index is 6.57. The second kappa shape index (κ2) is 15.8. The summed E-state index contributed by atoms with van der Waals surface area (Å²) in [7, 11) is 0. The van der Waals surface area contributed by atoms with Crippen molar-refractivity contribution in [2.24, 2.45) is 0 Å².